The molecule has 0 aliphatic rings. The lowest BCUT2D eigenvalue weighted by molar-refractivity contribution is 0.601. The van der Waals surface area contributed by atoms with Gasteiger partial charge in [0.2, 0.25) is 0 Å². The molecular formula is C14H12FN5. The Morgan fingerprint density at radius 1 is 1.35 bits per heavy atom. The molecule has 0 amide bonds. The van der Waals surface area contributed by atoms with E-state index < -0.39 is 5.82 Å². The van der Waals surface area contributed by atoms with Gasteiger partial charge in [-0.1, -0.05) is 6.07 Å². The highest BCUT2D eigenvalue weighted by Crippen LogP contribution is 2.21. The fourth-order valence-electron chi connectivity index (χ4n) is 1.87. The van der Waals surface area contributed by atoms with E-state index in [-0.39, 0.29) is 23.1 Å². The lowest BCUT2D eigenvalue weighted by atomic mass is 10.1. The molecule has 2 aromatic rings. The summed E-state index contributed by atoms with van der Waals surface area (Å²) in [5.74, 6) is -0.469. The fraction of sp³-hybridized carbons (Fsp3) is 0.214. The Balaban J connectivity index is 2.53. The Hall–Kier alpha value is -2.70. The van der Waals surface area contributed by atoms with Crippen LogP contribution in [-0.4, -0.2) is 16.6 Å². The first-order valence-electron chi connectivity index (χ1n) is 5.97. The van der Waals surface area contributed by atoms with E-state index in [0.29, 0.717) is 0 Å². The van der Waals surface area contributed by atoms with Crippen molar-refractivity contribution < 1.29 is 4.39 Å². The van der Waals surface area contributed by atoms with Gasteiger partial charge < -0.3 is 5.32 Å². The highest BCUT2D eigenvalue weighted by molar-refractivity contribution is 5.46. The third-order valence-electron chi connectivity index (χ3n) is 3.14. The Labute approximate surface area is 115 Å². The SMILES string of the molecule is CNC(C)c1ccc(-n2cnc(C#N)c2C#N)c(F)c1. The first-order chi connectivity index (χ1) is 9.62. The van der Waals surface area contributed by atoms with Gasteiger partial charge in [-0.25, -0.2) is 9.37 Å². The zero-order chi connectivity index (χ0) is 14.7. The number of halogens is 1. The number of benzene rings is 1. The molecule has 6 heteroatoms. The van der Waals surface area contributed by atoms with Gasteiger partial charge in [-0.2, -0.15) is 10.5 Å². The van der Waals surface area contributed by atoms with Crippen molar-refractivity contribution in [1.82, 2.24) is 14.9 Å². The Morgan fingerprint density at radius 2 is 2.10 bits per heavy atom. The summed E-state index contributed by atoms with van der Waals surface area (Å²) in [6.07, 6.45) is 1.27. The van der Waals surface area contributed by atoms with Crippen molar-refractivity contribution in [2.45, 2.75) is 13.0 Å². The van der Waals surface area contributed by atoms with E-state index >= 15 is 0 Å². The molecular weight excluding hydrogens is 257 g/mol. The molecule has 0 aliphatic heterocycles. The van der Waals surface area contributed by atoms with E-state index in [2.05, 4.69) is 10.3 Å². The minimum Gasteiger partial charge on any atom is -0.313 e. The van der Waals surface area contributed by atoms with E-state index in [1.165, 1.54) is 17.0 Å². The van der Waals surface area contributed by atoms with Gasteiger partial charge in [0, 0.05) is 6.04 Å². The van der Waals surface area contributed by atoms with Gasteiger partial charge in [0.15, 0.2) is 11.4 Å². The maximum absolute atomic E-state index is 14.2. The number of nitrogens with zero attached hydrogens (tertiary/aromatic N) is 4. The van der Waals surface area contributed by atoms with E-state index in [1.807, 2.05) is 19.1 Å². The summed E-state index contributed by atoms with van der Waals surface area (Å²) in [5, 5.41) is 20.9. The van der Waals surface area contributed by atoms with Gasteiger partial charge in [-0.05, 0) is 31.7 Å². The molecule has 0 fully saturated rings. The zero-order valence-corrected chi connectivity index (χ0v) is 11.1. The molecule has 0 aliphatic carbocycles. The topological polar surface area (TPSA) is 77.4 Å². The van der Waals surface area contributed by atoms with Gasteiger partial charge in [0.1, 0.15) is 24.3 Å². The van der Waals surface area contributed by atoms with E-state index in [0.717, 1.165) is 5.56 Å². The quantitative estimate of drug-likeness (QED) is 0.924. The van der Waals surface area contributed by atoms with Crippen molar-refractivity contribution in [2.75, 3.05) is 7.05 Å². The third-order valence-corrected chi connectivity index (χ3v) is 3.14. The number of aromatic nitrogens is 2. The van der Waals surface area contributed by atoms with Gasteiger partial charge in [-0.15, -0.1) is 0 Å². The van der Waals surface area contributed by atoms with Crippen LogP contribution in [0.15, 0.2) is 24.5 Å². The van der Waals surface area contributed by atoms with Crippen molar-refractivity contribution in [3.05, 3.63) is 47.3 Å². The molecule has 1 heterocycles. The molecule has 2 rings (SSSR count). The van der Waals surface area contributed by atoms with Crippen LogP contribution < -0.4 is 5.32 Å². The zero-order valence-electron chi connectivity index (χ0n) is 11.1. The number of hydrogen-bond acceptors (Lipinski definition) is 4. The van der Waals surface area contributed by atoms with Crippen LogP contribution in [0.4, 0.5) is 4.39 Å². The van der Waals surface area contributed by atoms with Crippen LogP contribution in [0.3, 0.4) is 0 Å². The molecule has 1 aromatic heterocycles. The minimum absolute atomic E-state index is 0.0143. The van der Waals surface area contributed by atoms with Gasteiger partial charge in [-0.3, -0.25) is 4.57 Å². The van der Waals surface area contributed by atoms with Crippen molar-refractivity contribution >= 4 is 0 Å². The first kappa shape index (κ1) is 13.7. The standard InChI is InChI=1S/C14H12FN5/c1-9(18-2)10-3-4-13(11(15)5-10)20-8-19-12(6-16)14(20)7-17/h3-5,8-9,18H,1-2H3. The molecule has 1 atom stereocenters. The number of imidazole rings is 1. The normalized spacial score (nSPS) is 11.7. The Morgan fingerprint density at radius 3 is 2.65 bits per heavy atom. The van der Waals surface area contributed by atoms with Crippen molar-refractivity contribution in [3.63, 3.8) is 0 Å². The van der Waals surface area contributed by atoms with Crippen LogP contribution in [-0.2, 0) is 0 Å². The molecule has 1 unspecified atom stereocenters. The molecule has 0 saturated heterocycles. The number of nitrogens with one attached hydrogen (secondary N) is 1. The Kier molecular flexibility index (Phi) is 3.79. The van der Waals surface area contributed by atoms with Crippen molar-refractivity contribution in [1.29, 1.82) is 10.5 Å². The minimum atomic E-state index is -0.469. The van der Waals surface area contributed by atoms with Crippen LogP contribution in [0, 0.1) is 28.5 Å². The van der Waals surface area contributed by atoms with Crippen LogP contribution in [0.25, 0.3) is 5.69 Å². The molecule has 0 radical (unpaired) electrons. The van der Waals surface area contributed by atoms with E-state index in [9.17, 15) is 4.39 Å². The predicted octanol–water partition coefficient (Wildman–Crippen LogP) is 2.04. The lowest BCUT2D eigenvalue weighted by Crippen LogP contribution is -2.13. The predicted molar refractivity (Wildman–Crippen MR) is 70.4 cm³/mol. The second kappa shape index (κ2) is 5.52. The maximum Gasteiger partial charge on any atom is 0.177 e. The Bertz CT molecular complexity index is 720. The number of nitriles is 2. The summed E-state index contributed by atoms with van der Waals surface area (Å²) in [5.41, 5.74) is 1.01. The van der Waals surface area contributed by atoms with Crippen molar-refractivity contribution in [2.24, 2.45) is 0 Å². The average molecular weight is 269 g/mol. The maximum atomic E-state index is 14.2. The lowest BCUT2D eigenvalue weighted by Gasteiger charge is -2.12. The van der Waals surface area contributed by atoms with Gasteiger partial charge in [0.25, 0.3) is 0 Å². The summed E-state index contributed by atoms with van der Waals surface area (Å²) in [7, 11) is 1.79. The van der Waals surface area contributed by atoms with Crippen molar-refractivity contribution in [3.8, 4) is 17.8 Å². The van der Waals surface area contributed by atoms with Crippen LogP contribution in [0.2, 0.25) is 0 Å². The van der Waals surface area contributed by atoms with Crippen LogP contribution in [0.5, 0.6) is 0 Å². The highest BCUT2D eigenvalue weighted by Gasteiger charge is 2.15. The second-order valence-corrected chi connectivity index (χ2v) is 4.26. The van der Waals surface area contributed by atoms with Crippen LogP contribution in [0.1, 0.15) is 29.9 Å². The molecule has 0 saturated carbocycles. The fourth-order valence-corrected chi connectivity index (χ4v) is 1.87. The summed E-state index contributed by atoms with van der Waals surface area (Å²) in [6.45, 7) is 1.92. The van der Waals surface area contributed by atoms with Crippen LogP contribution >= 0.6 is 0 Å². The molecule has 100 valence electrons. The summed E-state index contributed by atoms with van der Waals surface area (Å²) >= 11 is 0. The molecule has 1 aromatic carbocycles. The van der Waals surface area contributed by atoms with E-state index in [4.69, 9.17) is 10.5 Å². The summed E-state index contributed by atoms with van der Waals surface area (Å²) in [6, 6.07) is 8.44. The largest absolute Gasteiger partial charge is 0.313 e. The average Bonchev–Trinajstić information content (AvgIpc) is 2.88. The molecule has 0 spiro atoms. The number of rotatable bonds is 3. The highest BCUT2D eigenvalue weighted by atomic mass is 19.1. The summed E-state index contributed by atoms with van der Waals surface area (Å²) < 4.78 is 15.5. The summed E-state index contributed by atoms with van der Waals surface area (Å²) in [4.78, 5) is 3.80. The first-order valence-corrected chi connectivity index (χ1v) is 5.97. The smallest absolute Gasteiger partial charge is 0.177 e. The second-order valence-electron chi connectivity index (χ2n) is 4.26. The molecule has 1 N–H and O–H groups in total. The van der Waals surface area contributed by atoms with Gasteiger partial charge >= 0.3 is 0 Å². The monoisotopic (exact) mass is 269 g/mol. The number of hydrogen-bond donors (Lipinski definition) is 1. The molecule has 5 nitrogen and oxygen atoms in total. The molecule has 0 bridgehead atoms. The van der Waals surface area contributed by atoms with E-state index in [1.54, 1.807) is 19.2 Å². The molecule has 20 heavy (non-hydrogen) atoms. The van der Waals surface area contributed by atoms with Gasteiger partial charge in [0.05, 0.1) is 5.69 Å². The third kappa shape index (κ3) is 2.25.